The molecule has 0 aromatic heterocycles. The number of hydrogen-bond donors (Lipinski definition) is 1. The number of benzene rings is 2. The Bertz CT molecular complexity index is 616. The van der Waals surface area contributed by atoms with Crippen LogP contribution in [0.1, 0.15) is 12.5 Å². The Kier molecular flexibility index (Phi) is 2.11. The third-order valence-corrected chi connectivity index (χ3v) is 3.54. The lowest BCUT2D eigenvalue weighted by molar-refractivity contribution is 0.480. The van der Waals surface area contributed by atoms with Gasteiger partial charge in [0.2, 0.25) is 0 Å². The van der Waals surface area contributed by atoms with Crippen LogP contribution in [0.5, 0.6) is 5.75 Å². The fraction of sp³-hybridized carbons (Fsp3) is 0.200. The number of phenols is 1. The number of nitrogens with zero attached hydrogens (tertiary/aromatic N) is 1. The lowest BCUT2D eigenvalue weighted by Crippen LogP contribution is -2.29. The average Bonchev–Trinajstić information content (AvgIpc) is 2.34. The second-order valence-corrected chi connectivity index (χ2v) is 4.59. The minimum atomic E-state index is 0.314. The number of hydrogen-bond acceptors (Lipinski definition) is 2. The summed E-state index contributed by atoms with van der Waals surface area (Å²) >= 11 is 0. The zero-order valence-corrected chi connectivity index (χ0v) is 10.0. The van der Waals surface area contributed by atoms with Crippen LogP contribution in [0.25, 0.3) is 16.8 Å². The summed E-state index contributed by atoms with van der Waals surface area (Å²) < 4.78 is 0. The first-order valence-corrected chi connectivity index (χ1v) is 5.84. The summed E-state index contributed by atoms with van der Waals surface area (Å²) in [7, 11) is 2.02. The Morgan fingerprint density at radius 3 is 2.82 bits per heavy atom. The maximum atomic E-state index is 10.4. The molecule has 1 aliphatic heterocycles. The fourth-order valence-electron chi connectivity index (χ4n) is 2.41. The van der Waals surface area contributed by atoms with E-state index >= 15 is 0 Å². The van der Waals surface area contributed by atoms with Crippen molar-refractivity contribution in [2.75, 3.05) is 11.9 Å². The van der Waals surface area contributed by atoms with Crippen molar-refractivity contribution < 1.29 is 5.11 Å². The molecule has 0 bridgehead atoms. The van der Waals surface area contributed by atoms with Gasteiger partial charge in [-0.2, -0.15) is 0 Å². The van der Waals surface area contributed by atoms with Crippen LogP contribution in [0.2, 0.25) is 0 Å². The van der Waals surface area contributed by atoms with E-state index in [9.17, 15) is 5.11 Å². The van der Waals surface area contributed by atoms with E-state index in [1.54, 1.807) is 0 Å². The number of phenolic OH excluding ortho intramolecular Hbond substituents is 1. The molecule has 3 rings (SSSR count). The molecule has 1 aliphatic rings. The zero-order chi connectivity index (χ0) is 12.0. The van der Waals surface area contributed by atoms with E-state index in [1.165, 1.54) is 0 Å². The molecule has 0 fully saturated rings. The summed E-state index contributed by atoms with van der Waals surface area (Å²) in [6.45, 7) is 2.12. The first-order chi connectivity index (χ1) is 8.18. The second kappa shape index (κ2) is 3.52. The van der Waals surface area contributed by atoms with E-state index < -0.39 is 0 Å². The van der Waals surface area contributed by atoms with Crippen LogP contribution in [0, 0.1) is 0 Å². The number of rotatable bonds is 0. The van der Waals surface area contributed by atoms with Crippen LogP contribution >= 0.6 is 0 Å². The third kappa shape index (κ3) is 1.41. The van der Waals surface area contributed by atoms with Crippen molar-refractivity contribution in [3.8, 4) is 5.75 Å². The fourth-order valence-corrected chi connectivity index (χ4v) is 2.41. The van der Waals surface area contributed by atoms with Gasteiger partial charge in [-0.25, -0.2) is 0 Å². The molecule has 1 atom stereocenters. The van der Waals surface area contributed by atoms with Crippen LogP contribution < -0.4 is 4.90 Å². The molecule has 2 heteroatoms. The van der Waals surface area contributed by atoms with Crippen LogP contribution in [-0.4, -0.2) is 18.2 Å². The van der Waals surface area contributed by atoms with Crippen LogP contribution in [0.4, 0.5) is 5.69 Å². The minimum absolute atomic E-state index is 0.314. The first kappa shape index (κ1) is 10.2. The highest BCUT2D eigenvalue weighted by molar-refractivity contribution is 5.98. The van der Waals surface area contributed by atoms with E-state index in [0.717, 1.165) is 22.0 Å². The lowest BCUT2D eigenvalue weighted by atomic mass is 9.98. The molecule has 0 radical (unpaired) electrons. The Labute approximate surface area is 101 Å². The highest BCUT2D eigenvalue weighted by atomic mass is 16.3. The molecule has 0 amide bonds. The molecule has 1 heterocycles. The van der Waals surface area contributed by atoms with Gasteiger partial charge in [-0.3, -0.25) is 0 Å². The van der Waals surface area contributed by atoms with Gasteiger partial charge in [0.15, 0.2) is 0 Å². The van der Waals surface area contributed by atoms with Crippen molar-refractivity contribution >= 4 is 22.5 Å². The van der Waals surface area contributed by atoms with Gasteiger partial charge in [0.25, 0.3) is 0 Å². The molecule has 17 heavy (non-hydrogen) atoms. The Balaban J connectivity index is 2.38. The standard InChI is InChI=1S/C15H15NO/c1-10-7-8-12-9-11-5-3-4-6-13(11)15(17)14(12)16(10)2/h3-10,17H,1-2H3. The molecule has 0 saturated heterocycles. The summed E-state index contributed by atoms with van der Waals surface area (Å²) in [5.41, 5.74) is 2.01. The van der Waals surface area contributed by atoms with Crippen LogP contribution in [0.3, 0.4) is 0 Å². The van der Waals surface area contributed by atoms with Gasteiger partial charge in [0.1, 0.15) is 5.75 Å². The smallest absolute Gasteiger partial charge is 0.147 e. The third-order valence-electron chi connectivity index (χ3n) is 3.54. The largest absolute Gasteiger partial charge is 0.505 e. The van der Waals surface area contributed by atoms with E-state index in [0.29, 0.717) is 11.8 Å². The van der Waals surface area contributed by atoms with Crippen molar-refractivity contribution in [1.29, 1.82) is 0 Å². The summed E-state index contributed by atoms with van der Waals surface area (Å²) in [5, 5.41) is 12.4. The van der Waals surface area contributed by atoms with E-state index in [-0.39, 0.29) is 0 Å². The Hall–Kier alpha value is -1.96. The number of likely N-dealkylation sites (N-methyl/N-ethyl adjacent to an activating group) is 1. The topological polar surface area (TPSA) is 23.5 Å². The quantitative estimate of drug-likeness (QED) is 0.742. The van der Waals surface area contributed by atoms with E-state index in [2.05, 4.69) is 30.0 Å². The van der Waals surface area contributed by atoms with Crippen LogP contribution in [-0.2, 0) is 0 Å². The monoisotopic (exact) mass is 225 g/mol. The number of fused-ring (bicyclic) bond motifs is 2. The predicted molar refractivity (Wildman–Crippen MR) is 72.5 cm³/mol. The van der Waals surface area contributed by atoms with Crippen molar-refractivity contribution in [1.82, 2.24) is 0 Å². The van der Waals surface area contributed by atoms with Gasteiger partial charge in [0.05, 0.1) is 5.69 Å². The molecule has 86 valence electrons. The summed E-state index contributed by atoms with van der Waals surface area (Å²) in [6.07, 6.45) is 4.24. The van der Waals surface area contributed by atoms with Gasteiger partial charge in [-0.1, -0.05) is 36.4 Å². The van der Waals surface area contributed by atoms with Gasteiger partial charge in [-0.15, -0.1) is 0 Å². The van der Waals surface area contributed by atoms with Gasteiger partial charge < -0.3 is 10.0 Å². The van der Waals surface area contributed by atoms with Crippen molar-refractivity contribution in [3.63, 3.8) is 0 Å². The van der Waals surface area contributed by atoms with Gasteiger partial charge in [-0.05, 0) is 18.4 Å². The lowest BCUT2D eigenvalue weighted by Gasteiger charge is -2.31. The van der Waals surface area contributed by atoms with Crippen LogP contribution in [0.15, 0.2) is 36.4 Å². The molecular formula is C15H15NO. The Morgan fingerprint density at radius 1 is 1.24 bits per heavy atom. The Morgan fingerprint density at radius 2 is 2.00 bits per heavy atom. The SMILES string of the molecule is CC1C=Cc2cc3ccccc3c(O)c2N1C. The molecule has 2 aromatic carbocycles. The maximum Gasteiger partial charge on any atom is 0.147 e. The summed E-state index contributed by atoms with van der Waals surface area (Å²) in [6, 6.07) is 10.4. The highest BCUT2D eigenvalue weighted by Crippen LogP contribution is 2.41. The van der Waals surface area contributed by atoms with E-state index in [1.807, 2.05) is 31.3 Å². The highest BCUT2D eigenvalue weighted by Gasteiger charge is 2.20. The molecule has 0 saturated carbocycles. The normalized spacial score (nSPS) is 18.5. The maximum absolute atomic E-state index is 10.4. The predicted octanol–water partition coefficient (Wildman–Crippen LogP) is 3.40. The summed E-state index contributed by atoms with van der Waals surface area (Å²) in [5.74, 6) is 0.386. The number of anilines is 1. The first-order valence-electron chi connectivity index (χ1n) is 5.84. The van der Waals surface area contributed by atoms with Crippen molar-refractivity contribution in [2.45, 2.75) is 13.0 Å². The molecule has 0 aliphatic carbocycles. The average molecular weight is 225 g/mol. The van der Waals surface area contributed by atoms with Gasteiger partial charge in [0, 0.05) is 24.0 Å². The molecule has 1 unspecified atom stereocenters. The van der Waals surface area contributed by atoms with Gasteiger partial charge >= 0.3 is 0 Å². The minimum Gasteiger partial charge on any atom is -0.505 e. The van der Waals surface area contributed by atoms with Crippen molar-refractivity contribution in [2.24, 2.45) is 0 Å². The molecule has 0 spiro atoms. The molecule has 2 aromatic rings. The molecule has 2 nitrogen and oxygen atoms in total. The van der Waals surface area contributed by atoms with E-state index in [4.69, 9.17) is 0 Å². The summed E-state index contributed by atoms with van der Waals surface area (Å²) in [4.78, 5) is 2.11. The molecule has 1 N–H and O–H groups in total. The second-order valence-electron chi connectivity index (χ2n) is 4.59. The number of aromatic hydroxyl groups is 1. The molecular weight excluding hydrogens is 210 g/mol. The van der Waals surface area contributed by atoms with Crippen molar-refractivity contribution in [3.05, 3.63) is 42.0 Å². The zero-order valence-electron chi connectivity index (χ0n) is 10.0.